The topological polar surface area (TPSA) is 17.1 Å². The molecule has 0 N–H and O–H groups in total. The summed E-state index contributed by atoms with van der Waals surface area (Å²) < 4.78 is 12.7. The molecule has 2 rings (SSSR count). The van der Waals surface area contributed by atoms with Crippen molar-refractivity contribution in [1.29, 1.82) is 0 Å². The summed E-state index contributed by atoms with van der Waals surface area (Å²) in [4.78, 5) is 11.3. The maximum absolute atomic E-state index is 12.7. The molecule has 0 unspecified atom stereocenters. The van der Waals surface area contributed by atoms with Crippen LogP contribution in [0.25, 0.3) is 0 Å². The van der Waals surface area contributed by atoms with Gasteiger partial charge in [0.25, 0.3) is 0 Å². The van der Waals surface area contributed by atoms with Crippen LogP contribution < -0.4 is 0 Å². The molecular weight excluding hydrogens is 155 g/mol. The Kier molecular flexibility index (Phi) is 1.37. The highest BCUT2D eigenvalue weighted by Gasteiger charge is 2.22. The fourth-order valence-corrected chi connectivity index (χ4v) is 1.41. The Morgan fingerprint density at radius 2 is 2.17 bits per heavy atom. The predicted molar refractivity (Wildman–Crippen MR) is 43.6 cm³/mol. The van der Waals surface area contributed by atoms with Gasteiger partial charge in [-0.05, 0) is 23.3 Å². The van der Waals surface area contributed by atoms with Crippen LogP contribution in [0.2, 0.25) is 0 Å². The molecule has 1 aromatic rings. The standard InChI is InChI=1S/C10H7FO/c1-6-4-7-2-3-8(11)5-9(7)10(6)12/h2-3,5H,1,4H2. The number of halogens is 1. The Labute approximate surface area is 69.5 Å². The summed E-state index contributed by atoms with van der Waals surface area (Å²) in [5.41, 5.74) is 1.90. The van der Waals surface area contributed by atoms with Gasteiger partial charge in [-0.3, -0.25) is 4.79 Å². The molecule has 1 aliphatic rings. The normalized spacial score (nSPS) is 15.1. The lowest BCUT2D eigenvalue weighted by molar-refractivity contribution is 0.103. The van der Waals surface area contributed by atoms with Crippen molar-refractivity contribution < 1.29 is 9.18 Å². The number of hydrogen-bond acceptors (Lipinski definition) is 1. The highest BCUT2D eigenvalue weighted by atomic mass is 19.1. The van der Waals surface area contributed by atoms with Gasteiger partial charge >= 0.3 is 0 Å². The molecule has 0 fully saturated rings. The Morgan fingerprint density at radius 3 is 2.92 bits per heavy atom. The van der Waals surface area contributed by atoms with Gasteiger partial charge in [0, 0.05) is 12.0 Å². The number of carbonyl (C=O) groups is 1. The average Bonchev–Trinajstić information content (AvgIpc) is 2.31. The zero-order valence-electron chi connectivity index (χ0n) is 6.43. The van der Waals surface area contributed by atoms with Gasteiger partial charge in [-0.2, -0.15) is 0 Å². The van der Waals surface area contributed by atoms with Gasteiger partial charge in [0.2, 0.25) is 0 Å². The summed E-state index contributed by atoms with van der Waals surface area (Å²) >= 11 is 0. The first-order valence-electron chi connectivity index (χ1n) is 3.69. The van der Waals surface area contributed by atoms with Gasteiger partial charge in [0.05, 0.1) is 0 Å². The van der Waals surface area contributed by atoms with Crippen LogP contribution in [-0.4, -0.2) is 5.78 Å². The maximum atomic E-state index is 12.7. The van der Waals surface area contributed by atoms with E-state index in [1.807, 2.05) is 0 Å². The lowest BCUT2D eigenvalue weighted by atomic mass is 10.1. The van der Waals surface area contributed by atoms with E-state index in [2.05, 4.69) is 6.58 Å². The smallest absolute Gasteiger partial charge is 0.189 e. The van der Waals surface area contributed by atoms with Crippen molar-refractivity contribution >= 4 is 5.78 Å². The quantitative estimate of drug-likeness (QED) is 0.534. The zero-order valence-corrected chi connectivity index (χ0v) is 6.43. The number of allylic oxidation sites excluding steroid dienone is 1. The van der Waals surface area contributed by atoms with E-state index in [1.165, 1.54) is 12.1 Å². The van der Waals surface area contributed by atoms with E-state index in [4.69, 9.17) is 0 Å². The van der Waals surface area contributed by atoms with E-state index in [1.54, 1.807) is 6.07 Å². The van der Waals surface area contributed by atoms with Gasteiger partial charge in [0.15, 0.2) is 5.78 Å². The van der Waals surface area contributed by atoms with Crippen molar-refractivity contribution in [1.82, 2.24) is 0 Å². The molecule has 0 radical (unpaired) electrons. The molecule has 0 saturated carbocycles. The minimum Gasteiger partial charge on any atom is -0.289 e. The highest BCUT2D eigenvalue weighted by Crippen LogP contribution is 2.25. The van der Waals surface area contributed by atoms with Crippen molar-refractivity contribution in [2.75, 3.05) is 0 Å². The molecule has 0 atom stereocenters. The van der Waals surface area contributed by atoms with E-state index < -0.39 is 0 Å². The van der Waals surface area contributed by atoms with Crippen LogP contribution >= 0.6 is 0 Å². The molecule has 0 aromatic heterocycles. The minimum atomic E-state index is -0.364. The summed E-state index contributed by atoms with van der Waals surface area (Å²) in [5.74, 6) is -0.485. The van der Waals surface area contributed by atoms with Gasteiger partial charge < -0.3 is 0 Å². The van der Waals surface area contributed by atoms with Gasteiger partial charge in [-0.1, -0.05) is 12.6 Å². The molecule has 12 heavy (non-hydrogen) atoms. The lowest BCUT2D eigenvalue weighted by Gasteiger charge is -1.94. The first-order chi connectivity index (χ1) is 5.68. The molecule has 0 bridgehead atoms. The van der Waals surface area contributed by atoms with Crippen molar-refractivity contribution in [3.63, 3.8) is 0 Å². The first-order valence-corrected chi connectivity index (χ1v) is 3.69. The van der Waals surface area contributed by atoms with Crippen LogP contribution in [0.1, 0.15) is 15.9 Å². The number of hydrogen-bond donors (Lipinski definition) is 0. The molecule has 0 heterocycles. The third-order valence-electron chi connectivity index (χ3n) is 2.04. The Hall–Kier alpha value is -1.44. The van der Waals surface area contributed by atoms with E-state index >= 15 is 0 Å². The van der Waals surface area contributed by atoms with E-state index in [-0.39, 0.29) is 11.6 Å². The van der Waals surface area contributed by atoms with Crippen LogP contribution in [0.15, 0.2) is 30.4 Å². The Bertz CT molecular complexity index is 379. The number of rotatable bonds is 0. The van der Waals surface area contributed by atoms with Crippen molar-refractivity contribution in [2.45, 2.75) is 6.42 Å². The second-order valence-corrected chi connectivity index (χ2v) is 2.91. The lowest BCUT2D eigenvalue weighted by Crippen LogP contribution is -1.93. The Morgan fingerprint density at radius 1 is 1.42 bits per heavy atom. The summed E-state index contributed by atoms with van der Waals surface area (Å²) in [6.45, 7) is 3.61. The largest absolute Gasteiger partial charge is 0.289 e. The third-order valence-corrected chi connectivity index (χ3v) is 2.04. The SMILES string of the molecule is C=C1Cc2ccc(F)cc2C1=O. The molecule has 60 valence electrons. The second-order valence-electron chi connectivity index (χ2n) is 2.91. The van der Waals surface area contributed by atoms with Crippen molar-refractivity contribution in [3.8, 4) is 0 Å². The number of ketones is 1. The first kappa shape index (κ1) is 7.22. The number of benzene rings is 1. The summed E-state index contributed by atoms with van der Waals surface area (Å²) in [7, 11) is 0. The fourth-order valence-electron chi connectivity index (χ4n) is 1.41. The van der Waals surface area contributed by atoms with Crippen molar-refractivity contribution in [2.24, 2.45) is 0 Å². The fraction of sp³-hybridized carbons (Fsp3) is 0.100. The predicted octanol–water partition coefficient (Wildman–Crippen LogP) is 2.12. The maximum Gasteiger partial charge on any atom is 0.189 e. The van der Waals surface area contributed by atoms with Crippen LogP contribution in [0.3, 0.4) is 0 Å². The summed E-state index contributed by atoms with van der Waals surface area (Å²) in [6.07, 6.45) is 0.564. The highest BCUT2D eigenvalue weighted by molar-refractivity contribution is 6.12. The van der Waals surface area contributed by atoms with E-state index in [0.29, 0.717) is 17.6 Å². The zero-order chi connectivity index (χ0) is 8.72. The van der Waals surface area contributed by atoms with Crippen LogP contribution in [0.4, 0.5) is 4.39 Å². The molecule has 0 aliphatic heterocycles. The van der Waals surface area contributed by atoms with E-state index in [9.17, 15) is 9.18 Å². The van der Waals surface area contributed by atoms with E-state index in [0.717, 1.165) is 5.56 Å². The third kappa shape index (κ3) is 0.881. The summed E-state index contributed by atoms with van der Waals surface area (Å²) in [6, 6.07) is 4.28. The molecule has 2 heteroatoms. The summed E-state index contributed by atoms with van der Waals surface area (Å²) in [5, 5.41) is 0. The van der Waals surface area contributed by atoms with Crippen LogP contribution in [-0.2, 0) is 6.42 Å². The second kappa shape index (κ2) is 2.27. The molecule has 0 saturated heterocycles. The van der Waals surface area contributed by atoms with Gasteiger partial charge in [-0.25, -0.2) is 4.39 Å². The van der Waals surface area contributed by atoms with Gasteiger partial charge in [0.1, 0.15) is 5.82 Å². The minimum absolute atomic E-state index is 0.121. The monoisotopic (exact) mass is 162 g/mol. The number of Topliss-reactive ketones (excluding diaryl/α,β-unsaturated/α-hetero) is 1. The Balaban J connectivity index is 2.63. The van der Waals surface area contributed by atoms with Crippen LogP contribution in [0.5, 0.6) is 0 Å². The molecular formula is C10H7FO. The van der Waals surface area contributed by atoms with Crippen LogP contribution in [0, 0.1) is 5.82 Å². The molecule has 0 spiro atoms. The van der Waals surface area contributed by atoms with Gasteiger partial charge in [-0.15, -0.1) is 0 Å². The molecule has 1 aromatic carbocycles. The molecule has 1 aliphatic carbocycles. The van der Waals surface area contributed by atoms with Crippen molar-refractivity contribution in [3.05, 3.63) is 47.3 Å². The molecule has 1 nitrogen and oxygen atoms in total. The average molecular weight is 162 g/mol. The number of fused-ring (bicyclic) bond motifs is 1. The molecule has 0 amide bonds. The number of carbonyl (C=O) groups excluding carboxylic acids is 1.